The van der Waals surface area contributed by atoms with Gasteiger partial charge in [-0.3, -0.25) is 4.79 Å². The van der Waals surface area contributed by atoms with E-state index in [4.69, 9.17) is 9.47 Å². The minimum atomic E-state index is -0.173. The average Bonchev–Trinajstić information content (AvgIpc) is 2.44. The van der Waals surface area contributed by atoms with Crippen molar-refractivity contribution in [1.29, 1.82) is 0 Å². The van der Waals surface area contributed by atoms with Crippen molar-refractivity contribution < 1.29 is 14.3 Å². The van der Waals surface area contributed by atoms with Gasteiger partial charge in [-0.2, -0.15) is 0 Å². The van der Waals surface area contributed by atoms with Crippen LogP contribution >= 0.6 is 0 Å². The van der Waals surface area contributed by atoms with Gasteiger partial charge in [0.2, 0.25) is 0 Å². The van der Waals surface area contributed by atoms with Gasteiger partial charge in [0.25, 0.3) is 0 Å². The van der Waals surface area contributed by atoms with E-state index in [2.05, 4.69) is 20.6 Å². The molecule has 7 heteroatoms. The largest absolute Gasteiger partial charge is 0.466 e. The summed E-state index contributed by atoms with van der Waals surface area (Å²) in [6.45, 7) is 3.22. The van der Waals surface area contributed by atoms with E-state index in [9.17, 15) is 4.79 Å². The predicted octanol–water partition coefficient (Wildman–Crippen LogP) is 1.42. The number of methoxy groups -OCH3 is 1. The van der Waals surface area contributed by atoms with Crippen molar-refractivity contribution in [3.8, 4) is 0 Å². The zero-order valence-corrected chi connectivity index (χ0v) is 12.2. The standard InChI is InChI=1S/C13H22N4O3/c1-4-20-13(18)6-5-7-15-11-8-10(14-2)16-12(17-11)9-19-3/h8H,4-7,9H2,1-3H3,(H2,14,15,16,17). The first-order valence-electron chi connectivity index (χ1n) is 6.63. The molecule has 0 amide bonds. The van der Waals surface area contributed by atoms with Crippen LogP contribution in [0.25, 0.3) is 0 Å². The summed E-state index contributed by atoms with van der Waals surface area (Å²) in [5.41, 5.74) is 0. The van der Waals surface area contributed by atoms with E-state index in [1.165, 1.54) is 0 Å². The van der Waals surface area contributed by atoms with Crippen LogP contribution in [-0.2, 0) is 20.9 Å². The number of ether oxygens (including phenoxy) is 2. The highest BCUT2D eigenvalue weighted by Crippen LogP contribution is 2.11. The number of aromatic nitrogens is 2. The fourth-order valence-electron chi connectivity index (χ4n) is 1.59. The molecule has 0 fully saturated rings. The Morgan fingerprint density at radius 2 is 2.10 bits per heavy atom. The van der Waals surface area contributed by atoms with Gasteiger partial charge in [-0.1, -0.05) is 0 Å². The second-order valence-corrected chi connectivity index (χ2v) is 4.07. The van der Waals surface area contributed by atoms with E-state index < -0.39 is 0 Å². The number of nitrogens with one attached hydrogen (secondary N) is 2. The van der Waals surface area contributed by atoms with Gasteiger partial charge in [-0.25, -0.2) is 9.97 Å². The Morgan fingerprint density at radius 1 is 1.35 bits per heavy atom. The maximum Gasteiger partial charge on any atom is 0.305 e. The second kappa shape index (κ2) is 9.08. The molecule has 1 aromatic rings. The number of nitrogens with zero attached hydrogens (tertiary/aromatic N) is 2. The molecule has 20 heavy (non-hydrogen) atoms. The van der Waals surface area contributed by atoms with Crippen LogP contribution in [0.3, 0.4) is 0 Å². The highest BCUT2D eigenvalue weighted by Gasteiger charge is 2.04. The summed E-state index contributed by atoms with van der Waals surface area (Å²) in [6, 6.07) is 1.81. The first-order chi connectivity index (χ1) is 9.69. The highest BCUT2D eigenvalue weighted by molar-refractivity contribution is 5.69. The van der Waals surface area contributed by atoms with Gasteiger partial charge in [0.1, 0.15) is 18.2 Å². The smallest absolute Gasteiger partial charge is 0.305 e. The van der Waals surface area contributed by atoms with E-state index in [1.807, 2.05) is 6.07 Å². The molecule has 0 aliphatic carbocycles. The zero-order valence-electron chi connectivity index (χ0n) is 12.2. The first kappa shape index (κ1) is 16.2. The van der Waals surface area contributed by atoms with Crippen LogP contribution in [0.1, 0.15) is 25.6 Å². The molecule has 0 saturated carbocycles. The molecule has 7 nitrogen and oxygen atoms in total. The Morgan fingerprint density at radius 3 is 2.75 bits per heavy atom. The zero-order chi connectivity index (χ0) is 14.8. The van der Waals surface area contributed by atoms with Crippen LogP contribution < -0.4 is 10.6 Å². The molecule has 0 spiro atoms. The molecule has 2 N–H and O–H groups in total. The fraction of sp³-hybridized carbons (Fsp3) is 0.615. The predicted molar refractivity (Wildman–Crippen MR) is 76.6 cm³/mol. The number of carbonyl (C=O) groups excluding carboxylic acids is 1. The number of hydrogen-bond donors (Lipinski definition) is 2. The Labute approximate surface area is 119 Å². The lowest BCUT2D eigenvalue weighted by atomic mass is 10.3. The number of rotatable bonds is 9. The van der Waals surface area contributed by atoms with Crippen molar-refractivity contribution in [1.82, 2.24) is 9.97 Å². The van der Waals surface area contributed by atoms with Gasteiger partial charge in [0, 0.05) is 33.2 Å². The van der Waals surface area contributed by atoms with Crippen molar-refractivity contribution in [3.05, 3.63) is 11.9 Å². The fourth-order valence-corrected chi connectivity index (χ4v) is 1.59. The summed E-state index contributed by atoms with van der Waals surface area (Å²) in [5, 5.41) is 6.13. The van der Waals surface area contributed by atoms with Crippen LogP contribution in [0.15, 0.2) is 6.07 Å². The third-order valence-electron chi connectivity index (χ3n) is 2.47. The van der Waals surface area contributed by atoms with Gasteiger partial charge in [-0.05, 0) is 13.3 Å². The summed E-state index contributed by atoms with van der Waals surface area (Å²) in [6.07, 6.45) is 1.09. The maximum atomic E-state index is 11.2. The minimum absolute atomic E-state index is 0.173. The van der Waals surface area contributed by atoms with Gasteiger partial charge in [-0.15, -0.1) is 0 Å². The molecule has 0 bridgehead atoms. The van der Waals surface area contributed by atoms with Crippen LogP contribution in [0.5, 0.6) is 0 Å². The average molecular weight is 282 g/mol. The lowest BCUT2D eigenvalue weighted by molar-refractivity contribution is -0.143. The van der Waals surface area contributed by atoms with Gasteiger partial charge in [0.15, 0.2) is 5.82 Å². The molecule has 0 aliphatic rings. The normalized spacial score (nSPS) is 10.2. The van der Waals surface area contributed by atoms with E-state index in [0.717, 1.165) is 5.82 Å². The van der Waals surface area contributed by atoms with Crippen molar-refractivity contribution in [2.24, 2.45) is 0 Å². The molecular formula is C13H22N4O3. The van der Waals surface area contributed by atoms with Crippen molar-refractivity contribution in [3.63, 3.8) is 0 Å². The summed E-state index contributed by atoms with van der Waals surface area (Å²) in [5.74, 6) is 1.86. The minimum Gasteiger partial charge on any atom is -0.466 e. The molecule has 1 aromatic heterocycles. The Bertz CT molecular complexity index is 426. The topological polar surface area (TPSA) is 85.4 Å². The molecular weight excluding hydrogens is 260 g/mol. The van der Waals surface area contributed by atoms with Gasteiger partial charge in [0.05, 0.1) is 6.61 Å². The van der Waals surface area contributed by atoms with Crippen molar-refractivity contribution in [2.75, 3.05) is 37.9 Å². The van der Waals surface area contributed by atoms with Crippen LogP contribution in [0.4, 0.5) is 11.6 Å². The number of carbonyl (C=O) groups is 1. The SMILES string of the molecule is CCOC(=O)CCCNc1cc(NC)nc(COC)n1. The van der Waals surface area contributed by atoms with Crippen LogP contribution in [-0.4, -0.2) is 43.2 Å². The quantitative estimate of drug-likeness (QED) is 0.523. The third-order valence-corrected chi connectivity index (χ3v) is 2.47. The number of hydrogen-bond acceptors (Lipinski definition) is 7. The van der Waals surface area contributed by atoms with E-state index in [1.54, 1.807) is 21.1 Å². The Hall–Kier alpha value is -1.89. The summed E-state index contributed by atoms with van der Waals surface area (Å²) in [4.78, 5) is 19.8. The second-order valence-electron chi connectivity index (χ2n) is 4.07. The van der Waals surface area contributed by atoms with Crippen LogP contribution in [0.2, 0.25) is 0 Å². The first-order valence-corrected chi connectivity index (χ1v) is 6.63. The Kier molecular flexibility index (Phi) is 7.34. The molecule has 1 rings (SSSR count). The summed E-state index contributed by atoms with van der Waals surface area (Å²) in [7, 11) is 3.39. The summed E-state index contributed by atoms with van der Waals surface area (Å²) >= 11 is 0. The third kappa shape index (κ3) is 5.83. The van der Waals surface area contributed by atoms with Crippen LogP contribution in [0, 0.1) is 0 Å². The van der Waals surface area contributed by atoms with Crippen molar-refractivity contribution >= 4 is 17.6 Å². The molecule has 0 atom stereocenters. The molecule has 0 aliphatic heterocycles. The molecule has 0 saturated heterocycles. The summed E-state index contributed by atoms with van der Waals surface area (Å²) < 4.78 is 9.89. The van der Waals surface area contributed by atoms with Crippen molar-refractivity contribution in [2.45, 2.75) is 26.4 Å². The monoisotopic (exact) mass is 282 g/mol. The van der Waals surface area contributed by atoms with Gasteiger partial charge >= 0.3 is 5.97 Å². The lowest BCUT2D eigenvalue weighted by Crippen LogP contribution is -2.10. The Balaban J connectivity index is 2.46. The molecule has 0 aromatic carbocycles. The van der Waals surface area contributed by atoms with E-state index >= 15 is 0 Å². The molecule has 0 radical (unpaired) electrons. The number of anilines is 2. The molecule has 1 heterocycles. The molecule has 112 valence electrons. The van der Waals surface area contributed by atoms with Gasteiger partial charge < -0.3 is 20.1 Å². The lowest BCUT2D eigenvalue weighted by Gasteiger charge is -2.09. The van der Waals surface area contributed by atoms with E-state index in [-0.39, 0.29) is 5.97 Å². The maximum absolute atomic E-state index is 11.2. The highest BCUT2D eigenvalue weighted by atomic mass is 16.5. The molecule has 0 unspecified atom stereocenters. The van der Waals surface area contributed by atoms with E-state index in [0.29, 0.717) is 44.2 Å². The number of esters is 1.